The maximum atomic E-state index is 6.23. The van der Waals surface area contributed by atoms with Gasteiger partial charge in [0.05, 0.1) is 0 Å². The first-order chi connectivity index (χ1) is 9.13. The van der Waals surface area contributed by atoms with E-state index in [0.717, 1.165) is 12.5 Å². The predicted molar refractivity (Wildman–Crippen MR) is 85.4 cm³/mol. The molecule has 1 fully saturated rings. The highest BCUT2D eigenvalue weighted by molar-refractivity contribution is 4.95. The summed E-state index contributed by atoms with van der Waals surface area (Å²) in [5.41, 5.74) is 6.51. The molecular formula is C17H36N2. The van der Waals surface area contributed by atoms with Gasteiger partial charge in [-0.05, 0) is 45.1 Å². The van der Waals surface area contributed by atoms with Crippen molar-refractivity contribution in [2.45, 2.75) is 90.1 Å². The quantitative estimate of drug-likeness (QED) is 0.702. The van der Waals surface area contributed by atoms with Gasteiger partial charge >= 0.3 is 0 Å². The molecule has 2 atom stereocenters. The Morgan fingerprint density at radius 2 is 1.84 bits per heavy atom. The van der Waals surface area contributed by atoms with Crippen molar-refractivity contribution in [3.63, 3.8) is 0 Å². The molecule has 114 valence electrons. The van der Waals surface area contributed by atoms with Gasteiger partial charge in [-0.1, -0.05) is 46.5 Å². The largest absolute Gasteiger partial charge is 0.329 e. The van der Waals surface area contributed by atoms with Gasteiger partial charge in [-0.2, -0.15) is 0 Å². The molecule has 19 heavy (non-hydrogen) atoms. The minimum absolute atomic E-state index is 0.277. The Kier molecular flexibility index (Phi) is 7.38. The van der Waals surface area contributed by atoms with Gasteiger partial charge in [0.2, 0.25) is 0 Å². The summed E-state index contributed by atoms with van der Waals surface area (Å²) in [6.45, 7) is 7.77. The zero-order valence-corrected chi connectivity index (χ0v) is 13.8. The van der Waals surface area contributed by atoms with Gasteiger partial charge in [-0.15, -0.1) is 0 Å². The van der Waals surface area contributed by atoms with Crippen LogP contribution in [-0.2, 0) is 0 Å². The lowest BCUT2D eigenvalue weighted by Crippen LogP contribution is -2.55. The topological polar surface area (TPSA) is 29.3 Å². The molecule has 0 aliphatic heterocycles. The lowest BCUT2D eigenvalue weighted by molar-refractivity contribution is 0.0573. The Morgan fingerprint density at radius 1 is 1.16 bits per heavy atom. The molecule has 0 aromatic carbocycles. The van der Waals surface area contributed by atoms with Crippen LogP contribution in [0.2, 0.25) is 0 Å². The zero-order valence-electron chi connectivity index (χ0n) is 13.8. The van der Waals surface area contributed by atoms with Crippen molar-refractivity contribution in [2.75, 3.05) is 13.6 Å². The summed E-state index contributed by atoms with van der Waals surface area (Å²) in [5, 5.41) is 0. The molecular weight excluding hydrogens is 232 g/mol. The van der Waals surface area contributed by atoms with Crippen LogP contribution in [0.5, 0.6) is 0 Å². The minimum Gasteiger partial charge on any atom is -0.329 e. The first-order valence-corrected chi connectivity index (χ1v) is 8.56. The lowest BCUT2D eigenvalue weighted by Gasteiger charge is -2.45. The highest BCUT2D eigenvalue weighted by atomic mass is 15.2. The lowest BCUT2D eigenvalue weighted by atomic mass is 9.85. The molecule has 1 aliphatic carbocycles. The maximum Gasteiger partial charge on any atom is 0.0331 e. The molecule has 0 spiro atoms. The van der Waals surface area contributed by atoms with E-state index in [1.807, 2.05) is 0 Å². The normalized spacial score (nSPS) is 28.9. The third-order valence-electron chi connectivity index (χ3n) is 5.59. The molecule has 2 unspecified atom stereocenters. The van der Waals surface area contributed by atoms with E-state index in [1.165, 1.54) is 57.8 Å². The standard InChI is InChI=1S/C17H36N2/c1-5-9-15-10-8-12-17(14-18,13-11-15)19(4)16(6-2)7-3/h15-16H,5-14,18H2,1-4H3. The van der Waals surface area contributed by atoms with Crippen molar-refractivity contribution in [2.24, 2.45) is 11.7 Å². The summed E-state index contributed by atoms with van der Waals surface area (Å²) >= 11 is 0. The Balaban J connectivity index is 2.74. The molecule has 0 saturated heterocycles. The van der Waals surface area contributed by atoms with Crippen LogP contribution < -0.4 is 5.73 Å². The van der Waals surface area contributed by atoms with Crippen molar-refractivity contribution >= 4 is 0 Å². The fourth-order valence-electron chi connectivity index (χ4n) is 4.08. The second-order valence-electron chi connectivity index (χ2n) is 6.60. The Labute approximate surface area is 121 Å². The van der Waals surface area contributed by atoms with Gasteiger partial charge in [0.1, 0.15) is 0 Å². The van der Waals surface area contributed by atoms with Gasteiger partial charge in [-0.25, -0.2) is 0 Å². The summed E-state index contributed by atoms with van der Waals surface area (Å²) in [7, 11) is 2.32. The molecule has 0 radical (unpaired) electrons. The third-order valence-corrected chi connectivity index (χ3v) is 5.59. The summed E-state index contributed by atoms with van der Waals surface area (Å²) < 4.78 is 0. The monoisotopic (exact) mass is 268 g/mol. The molecule has 2 heteroatoms. The molecule has 0 amide bonds. The highest BCUT2D eigenvalue weighted by Gasteiger charge is 2.37. The molecule has 1 aliphatic rings. The van der Waals surface area contributed by atoms with Crippen LogP contribution in [0.15, 0.2) is 0 Å². The van der Waals surface area contributed by atoms with Crippen molar-refractivity contribution in [3.05, 3.63) is 0 Å². The van der Waals surface area contributed by atoms with Crippen LogP contribution in [0, 0.1) is 5.92 Å². The van der Waals surface area contributed by atoms with Crippen molar-refractivity contribution in [1.82, 2.24) is 4.90 Å². The van der Waals surface area contributed by atoms with E-state index in [1.54, 1.807) is 0 Å². The fraction of sp³-hybridized carbons (Fsp3) is 1.00. The average Bonchev–Trinajstić information content (AvgIpc) is 2.64. The van der Waals surface area contributed by atoms with Gasteiger partial charge in [0, 0.05) is 18.1 Å². The van der Waals surface area contributed by atoms with Crippen LogP contribution in [0.4, 0.5) is 0 Å². The first kappa shape index (κ1) is 17.0. The summed E-state index contributed by atoms with van der Waals surface area (Å²) in [6.07, 6.45) is 12.0. The molecule has 0 heterocycles. The van der Waals surface area contributed by atoms with Crippen LogP contribution in [0.1, 0.15) is 78.6 Å². The number of hydrogen-bond acceptors (Lipinski definition) is 2. The highest BCUT2D eigenvalue weighted by Crippen LogP contribution is 2.36. The second-order valence-corrected chi connectivity index (χ2v) is 6.60. The van der Waals surface area contributed by atoms with Crippen LogP contribution in [0.3, 0.4) is 0 Å². The Hall–Kier alpha value is -0.0800. The number of likely N-dealkylation sites (N-methyl/N-ethyl adjacent to an activating group) is 1. The van der Waals surface area contributed by atoms with Gasteiger partial charge < -0.3 is 5.73 Å². The van der Waals surface area contributed by atoms with E-state index >= 15 is 0 Å². The number of rotatable bonds is 7. The van der Waals surface area contributed by atoms with E-state index in [9.17, 15) is 0 Å². The summed E-state index contributed by atoms with van der Waals surface area (Å²) in [5.74, 6) is 0.952. The van der Waals surface area contributed by atoms with E-state index in [0.29, 0.717) is 6.04 Å². The average molecular weight is 268 g/mol. The van der Waals surface area contributed by atoms with Crippen molar-refractivity contribution < 1.29 is 0 Å². The number of nitrogens with two attached hydrogens (primary N) is 1. The molecule has 1 rings (SSSR count). The maximum absolute atomic E-state index is 6.23. The van der Waals surface area contributed by atoms with Gasteiger partial charge in [0.25, 0.3) is 0 Å². The van der Waals surface area contributed by atoms with E-state index in [4.69, 9.17) is 5.73 Å². The van der Waals surface area contributed by atoms with Gasteiger partial charge in [0.15, 0.2) is 0 Å². The van der Waals surface area contributed by atoms with E-state index in [2.05, 4.69) is 32.7 Å². The second kappa shape index (κ2) is 8.26. The van der Waals surface area contributed by atoms with E-state index in [-0.39, 0.29) is 5.54 Å². The minimum atomic E-state index is 0.277. The summed E-state index contributed by atoms with van der Waals surface area (Å²) in [6, 6.07) is 0.700. The van der Waals surface area contributed by atoms with E-state index < -0.39 is 0 Å². The smallest absolute Gasteiger partial charge is 0.0331 e. The van der Waals surface area contributed by atoms with Crippen molar-refractivity contribution in [1.29, 1.82) is 0 Å². The number of hydrogen-bond donors (Lipinski definition) is 1. The molecule has 0 aromatic rings. The number of nitrogens with zero attached hydrogens (tertiary/aromatic N) is 1. The first-order valence-electron chi connectivity index (χ1n) is 8.56. The van der Waals surface area contributed by atoms with Crippen LogP contribution in [-0.4, -0.2) is 30.1 Å². The third kappa shape index (κ3) is 4.19. The molecule has 0 aromatic heterocycles. The Bertz CT molecular complexity index is 237. The van der Waals surface area contributed by atoms with Crippen LogP contribution in [0.25, 0.3) is 0 Å². The summed E-state index contributed by atoms with van der Waals surface area (Å²) in [4.78, 5) is 2.64. The fourth-order valence-corrected chi connectivity index (χ4v) is 4.08. The molecule has 1 saturated carbocycles. The predicted octanol–water partition coefficient (Wildman–Crippen LogP) is 4.18. The molecule has 2 N–H and O–H groups in total. The van der Waals surface area contributed by atoms with Gasteiger partial charge in [-0.3, -0.25) is 4.90 Å². The van der Waals surface area contributed by atoms with Crippen LogP contribution >= 0.6 is 0 Å². The molecule has 2 nitrogen and oxygen atoms in total. The molecule has 0 bridgehead atoms. The Morgan fingerprint density at radius 3 is 2.37 bits per heavy atom. The van der Waals surface area contributed by atoms with Crippen molar-refractivity contribution in [3.8, 4) is 0 Å². The SMILES string of the molecule is CCCC1CCCC(CN)(N(C)C(CC)CC)CC1. The zero-order chi connectivity index (χ0) is 14.3.